The van der Waals surface area contributed by atoms with Crippen LogP contribution in [0.1, 0.15) is 21.5 Å². The summed E-state index contributed by atoms with van der Waals surface area (Å²) in [6.45, 7) is 0.566. The van der Waals surface area contributed by atoms with Crippen LogP contribution < -0.4 is 4.74 Å². The first-order valence-corrected chi connectivity index (χ1v) is 6.29. The second kappa shape index (κ2) is 4.67. The van der Waals surface area contributed by atoms with Gasteiger partial charge in [0.15, 0.2) is 5.78 Å². The highest BCUT2D eigenvalue weighted by Gasteiger charge is 2.23. The Morgan fingerprint density at radius 3 is 2.74 bits per heavy atom. The summed E-state index contributed by atoms with van der Waals surface area (Å²) in [5, 5.41) is -0.150. The summed E-state index contributed by atoms with van der Waals surface area (Å²) in [7, 11) is 0. The van der Waals surface area contributed by atoms with Gasteiger partial charge in [0.2, 0.25) is 0 Å². The summed E-state index contributed by atoms with van der Waals surface area (Å²) < 4.78 is 18.9. The molecule has 3 rings (SSSR count). The fourth-order valence-electron chi connectivity index (χ4n) is 2.22. The Hall–Kier alpha value is -1.87. The molecule has 19 heavy (non-hydrogen) atoms. The van der Waals surface area contributed by atoms with E-state index in [1.807, 2.05) is 6.07 Å². The molecule has 0 aromatic heterocycles. The van der Waals surface area contributed by atoms with E-state index in [-0.39, 0.29) is 16.4 Å². The standard InChI is InChI=1S/C15H10ClFO2/c16-13-10(4-2-6-12(13)17)14(18)11-5-1-3-9-7-8-19-15(9)11/h1-6H,7-8H2. The number of fused-ring (bicyclic) bond motifs is 1. The lowest BCUT2D eigenvalue weighted by Crippen LogP contribution is -2.05. The van der Waals surface area contributed by atoms with E-state index in [4.69, 9.17) is 16.3 Å². The van der Waals surface area contributed by atoms with Crippen molar-refractivity contribution in [2.75, 3.05) is 6.61 Å². The molecule has 0 saturated carbocycles. The number of rotatable bonds is 2. The fraction of sp³-hybridized carbons (Fsp3) is 0.133. The zero-order chi connectivity index (χ0) is 13.4. The Morgan fingerprint density at radius 2 is 1.89 bits per heavy atom. The number of ether oxygens (including phenoxy) is 1. The third-order valence-electron chi connectivity index (χ3n) is 3.16. The van der Waals surface area contributed by atoms with Gasteiger partial charge in [-0.15, -0.1) is 0 Å². The average Bonchev–Trinajstić information content (AvgIpc) is 2.89. The SMILES string of the molecule is O=C(c1cccc(F)c1Cl)c1cccc2c1OCC2. The zero-order valence-corrected chi connectivity index (χ0v) is 10.7. The summed E-state index contributed by atoms with van der Waals surface area (Å²) >= 11 is 5.85. The number of halogens is 2. The predicted molar refractivity (Wildman–Crippen MR) is 70.5 cm³/mol. The van der Waals surface area contributed by atoms with Crippen LogP contribution >= 0.6 is 11.6 Å². The monoisotopic (exact) mass is 276 g/mol. The van der Waals surface area contributed by atoms with Crippen LogP contribution in [0.2, 0.25) is 5.02 Å². The minimum absolute atomic E-state index is 0.150. The number of benzene rings is 2. The topological polar surface area (TPSA) is 26.3 Å². The fourth-order valence-corrected chi connectivity index (χ4v) is 2.43. The molecule has 1 aliphatic rings. The van der Waals surface area contributed by atoms with Gasteiger partial charge >= 0.3 is 0 Å². The summed E-state index contributed by atoms with van der Waals surface area (Å²) in [6, 6.07) is 9.61. The summed E-state index contributed by atoms with van der Waals surface area (Å²) in [4.78, 5) is 12.4. The molecular weight excluding hydrogens is 267 g/mol. The van der Waals surface area contributed by atoms with E-state index in [0.717, 1.165) is 12.0 Å². The molecule has 0 spiro atoms. The second-order valence-electron chi connectivity index (χ2n) is 4.32. The van der Waals surface area contributed by atoms with Gasteiger partial charge in [-0.1, -0.05) is 29.8 Å². The number of hydrogen-bond acceptors (Lipinski definition) is 2. The zero-order valence-electron chi connectivity index (χ0n) is 9.95. The molecule has 0 amide bonds. The van der Waals surface area contributed by atoms with Crippen LogP contribution in [-0.4, -0.2) is 12.4 Å². The van der Waals surface area contributed by atoms with E-state index >= 15 is 0 Å². The number of carbonyl (C=O) groups is 1. The average molecular weight is 277 g/mol. The Bertz CT molecular complexity index is 667. The van der Waals surface area contributed by atoms with Crippen LogP contribution in [0.3, 0.4) is 0 Å². The number of hydrogen-bond donors (Lipinski definition) is 0. The maximum atomic E-state index is 13.4. The molecule has 2 nitrogen and oxygen atoms in total. The largest absolute Gasteiger partial charge is 0.492 e. The third-order valence-corrected chi connectivity index (χ3v) is 3.54. The molecule has 0 radical (unpaired) electrons. The lowest BCUT2D eigenvalue weighted by Gasteiger charge is -2.08. The van der Waals surface area contributed by atoms with E-state index in [1.54, 1.807) is 12.1 Å². The van der Waals surface area contributed by atoms with Crippen molar-refractivity contribution in [2.24, 2.45) is 0 Å². The van der Waals surface area contributed by atoms with Crippen molar-refractivity contribution in [3.8, 4) is 5.75 Å². The van der Waals surface area contributed by atoms with Crippen LogP contribution in [0.15, 0.2) is 36.4 Å². The van der Waals surface area contributed by atoms with Crippen molar-refractivity contribution < 1.29 is 13.9 Å². The van der Waals surface area contributed by atoms with Gasteiger partial charge in [0, 0.05) is 12.0 Å². The van der Waals surface area contributed by atoms with Gasteiger partial charge in [-0.2, -0.15) is 0 Å². The van der Waals surface area contributed by atoms with Gasteiger partial charge in [-0.25, -0.2) is 4.39 Å². The Balaban J connectivity index is 2.11. The highest BCUT2D eigenvalue weighted by Crippen LogP contribution is 2.32. The van der Waals surface area contributed by atoms with Crippen molar-refractivity contribution in [2.45, 2.75) is 6.42 Å². The first-order valence-electron chi connectivity index (χ1n) is 5.92. The van der Waals surface area contributed by atoms with Crippen molar-refractivity contribution in [3.05, 3.63) is 63.9 Å². The Labute approximate surface area is 114 Å². The predicted octanol–water partition coefficient (Wildman–Crippen LogP) is 3.65. The molecular formula is C15H10ClFO2. The van der Waals surface area contributed by atoms with E-state index in [2.05, 4.69) is 0 Å². The molecule has 4 heteroatoms. The lowest BCUT2D eigenvalue weighted by molar-refractivity contribution is 0.103. The highest BCUT2D eigenvalue weighted by atomic mass is 35.5. The van der Waals surface area contributed by atoms with E-state index in [0.29, 0.717) is 17.9 Å². The summed E-state index contributed by atoms with van der Waals surface area (Å²) in [5.74, 6) is -0.322. The number of ketones is 1. The van der Waals surface area contributed by atoms with Crippen molar-refractivity contribution >= 4 is 17.4 Å². The molecule has 96 valence electrons. The Morgan fingerprint density at radius 1 is 1.16 bits per heavy atom. The molecule has 0 saturated heterocycles. The maximum Gasteiger partial charge on any atom is 0.198 e. The molecule has 0 atom stereocenters. The van der Waals surface area contributed by atoms with Crippen LogP contribution in [0.25, 0.3) is 0 Å². The summed E-state index contributed by atoms with van der Waals surface area (Å²) in [6.07, 6.45) is 0.785. The molecule has 0 unspecified atom stereocenters. The lowest BCUT2D eigenvalue weighted by atomic mass is 9.99. The maximum absolute atomic E-state index is 13.4. The van der Waals surface area contributed by atoms with Crippen molar-refractivity contribution in [1.82, 2.24) is 0 Å². The number of carbonyl (C=O) groups excluding carboxylic acids is 1. The molecule has 0 fully saturated rings. The molecule has 1 heterocycles. The van der Waals surface area contributed by atoms with Gasteiger partial charge in [-0.05, 0) is 23.8 Å². The molecule has 1 aliphatic heterocycles. The van der Waals surface area contributed by atoms with Gasteiger partial charge in [0.05, 0.1) is 17.2 Å². The molecule has 0 bridgehead atoms. The van der Waals surface area contributed by atoms with Crippen LogP contribution in [0, 0.1) is 5.82 Å². The van der Waals surface area contributed by atoms with E-state index in [1.165, 1.54) is 18.2 Å². The van der Waals surface area contributed by atoms with E-state index < -0.39 is 5.82 Å². The van der Waals surface area contributed by atoms with Crippen molar-refractivity contribution in [3.63, 3.8) is 0 Å². The molecule has 0 N–H and O–H groups in total. The van der Waals surface area contributed by atoms with E-state index in [9.17, 15) is 9.18 Å². The molecule has 2 aromatic carbocycles. The highest BCUT2D eigenvalue weighted by molar-refractivity contribution is 6.35. The van der Waals surface area contributed by atoms with Gasteiger partial charge in [0.25, 0.3) is 0 Å². The molecule has 0 aliphatic carbocycles. The van der Waals surface area contributed by atoms with Crippen molar-refractivity contribution in [1.29, 1.82) is 0 Å². The third kappa shape index (κ3) is 2.00. The van der Waals surface area contributed by atoms with Gasteiger partial charge in [0.1, 0.15) is 11.6 Å². The van der Waals surface area contributed by atoms with Gasteiger partial charge in [-0.3, -0.25) is 4.79 Å². The molecule has 2 aromatic rings. The van der Waals surface area contributed by atoms with Crippen LogP contribution in [0.5, 0.6) is 5.75 Å². The quantitative estimate of drug-likeness (QED) is 0.783. The summed E-state index contributed by atoms with van der Waals surface area (Å²) in [5.41, 5.74) is 1.59. The minimum atomic E-state index is -0.596. The Kier molecular flexibility index (Phi) is 2.99. The van der Waals surface area contributed by atoms with Crippen LogP contribution in [0.4, 0.5) is 4.39 Å². The van der Waals surface area contributed by atoms with Crippen LogP contribution in [-0.2, 0) is 6.42 Å². The van der Waals surface area contributed by atoms with Gasteiger partial charge < -0.3 is 4.74 Å². The normalized spacial score (nSPS) is 12.9. The minimum Gasteiger partial charge on any atom is -0.492 e. The first kappa shape index (κ1) is 12.2. The second-order valence-corrected chi connectivity index (χ2v) is 4.70. The smallest absolute Gasteiger partial charge is 0.198 e. The number of para-hydroxylation sites is 1. The first-order chi connectivity index (χ1) is 9.18.